The molecule has 116 valence electrons. The van der Waals surface area contributed by atoms with Crippen molar-refractivity contribution in [3.05, 3.63) is 71.5 Å². The van der Waals surface area contributed by atoms with Gasteiger partial charge >= 0.3 is 0 Å². The third kappa shape index (κ3) is 4.65. The molecule has 0 atom stereocenters. The molecular weight excluding hydrogens is 313 g/mol. The summed E-state index contributed by atoms with van der Waals surface area (Å²) in [6.07, 6.45) is 1.70. The standard InChI is InChI=1S/C16H14FN5S/c17-14-8-6-13(7-9-14)11-23-16-19-15(21-22-16)20-18-10-12-4-2-1-3-5-12/h1-10H,11H2,(H2,19,20,21,22)/b18-10-. The fourth-order valence-electron chi connectivity index (χ4n) is 1.80. The van der Waals surface area contributed by atoms with Gasteiger partial charge in [0.2, 0.25) is 11.1 Å². The van der Waals surface area contributed by atoms with Crippen molar-refractivity contribution >= 4 is 23.9 Å². The summed E-state index contributed by atoms with van der Waals surface area (Å²) in [6, 6.07) is 16.1. The summed E-state index contributed by atoms with van der Waals surface area (Å²) in [6.45, 7) is 0. The van der Waals surface area contributed by atoms with Gasteiger partial charge in [0.15, 0.2) is 0 Å². The number of hydrazone groups is 1. The number of nitrogens with zero attached hydrogens (tertiary/aromatic N) is 3. The van der Waals surface area contributed by atoms with E-state index in [1.807, 2.05) is 30.3 Å². The molecule has 0 aliphatic rings. The van der Waals surface area contributed by atoms with Crippen LogP contribution < -0.4 is 5.43 Å². The highest BCUT2D eigenvalue weighted by molar-refractivity contribution is 7.98. The van der Waals surface area contributed by atoms with Crippen LogP contribution in [0.5, 0.6) is 0 Å². The number of hydrogen-bond acceptors (Lipinski definition) is 5. The minimum Gasteiger partial charge on any atom is -0.246 e. The quantitative estimate of drug-likeness (QED) is 0.412. The third-order valence-electron chi connectivity index (χ3n) is 2.93. The maximum atomic E-state index is 12.8. The number of rotatable bonds is 6. The Bertz CT molecular complexity index is 771. The first kappa shape index (κ1) is 15.2. The third-order valence-corrected chi connectivity index (χ3v) is 3.85. The molecule has 2 aromatic carbocycles. The average molecular weight is 327 g/mol. The van der Waals surface area contributed by atoms with Crippen LogP contribution in [0, 0.1) is 5.82 Å². The lowest BCUT2D eigenvalue weighted by Crippen LogP contribution is -1.92. The highest BCUT2D eigenvalue weighted by Gasteiger charge is 2.03. The summed E-state index contributed by atoms with van der Waals surface area (Å²) in [5.41, 5.74) is 4.80. The van der Waals surface area contributed by atoms with E-state index in [0.29, 0.717) is 16.9 Å². The molecule has 0 aliphatic carbocycles. The van der Waals surface area contributed by atoms with Crippen LogP contribution in [-0.4, -0.2) is 21.4 Å². The van der Waals surface area contributed by atoms with Gasteiger partial charge in [0.25, 0.3) is 0 Å². The average Bonchev–Trinajstić information content (AvgIpc) is 3.03. The number of nitrogens with one attached hydrogen (secondary N) is 2. The van der Waals surface area contributed by atoms with Crippen LogP contribution in [0.25, 0.3) is 0 Å². The second kappa shape index (κ2) is 7.55. The number of aromatic nitrogens is 3. The van der Waals surface area contributed by atoms with Gasteiger partial charge in [0.1, 0.15) is 5.82 Å². The molecule has 23 heavy (non-hydrogen) atoms. The summed E-state index contributed by atoms with van der Waals surface area (Å²) in [7, 11) is 0. The molecule has 0 fully saturated rings. The van der Waals surface area contributed by atoms with Gasteiger partial charge in [-0.25, -0.2) is 14.9 Å². The lowest BCUT2D eigenvalue weighted by atomic mass is 10.2. The Morgan fingerprint density at radius 1 is 1.13 bits per heavy atom. The molecular formula is C16H14FN5S. The molecule has 0 aliphatic heterocycles. The molecule has 0 bridgehead atoms. The van der Waals surface area contributed by atoms with E-state index < -0.39 is 0 Å². The molecule has 0 radical (unpaired) electrons. The molecule has 0 spiro atoms. The van der Waals surface area contributed by atoms with Crippen LogP contribution in [0.3, 0.4) is 0 Å². The summed E-state index contributed by atoms with van der Waals surface area (Å²) < 4.78 is 12.8. The molecule has 1 aromatic heterocycles. The van der Waals surface area contributed by atoms with Crippen LogP contribution >= 0.6 is 11.8 Å². The molecule has 0 saturated carbocycles. The van der Waals surface area contributed by atoms with Crippen molar-refractivity contribution < 1.29 is 4.39 Å². The lowest BCUT2D eigenvalue weighted by molar-refractivity contribution is 0.627. The molecule has 1 heterocycles. The summed E-state index contributed by atoms with van der Waals surface area (Å²) in [5, 5.41) is 11.6. The number of halogens is 1. The largest absolute Gasteiger partial charge is 0.246 e. The van der Waals surface area contributed by atoms with Crippen LogP contribution in [0.1, 0.15) is 11.1 Å². The molecule has 7 heteroatoms. The summed E-state index contributed by atoms with van der Waals surface area (Å²) >= 11 is 1.46. The first-order valence-corrected chi connectivity index (χ1v) is 7.92. The van der Waals surface area contributed by atoms with Gasteiger partial charge in [0.05, 0.1) is 6.21 Å². The summed E-state index contributed by atoms with van der Waals surface area (Å²) in [4.78, 5) is 4.27. The van der Waals surface area contributed by atoms with Gasteiger partial charge in [0, 0.05) is 5.75 Å². The second-order valence-electron chi connectivity index (χ2n) is 4.66. The first-order valence-electron chi connectivity index (χ1n) is 6.93. The highest BCUT2D eigenvalue weighted by Crippen LogP contribution is 2.20. The zero-order valence-corrected chi connectivity index (χ0v) is 12.9. The van der Waals surface area contributed by atoms with E-state index in [9.17, 15) is 4.39 Å². The second-order valence-corrected chi connectivity index (χ2v) is 5.60. The number of hydrogen-bond donors (Lipinski definition) is 2. The molecule has 0 saturated heterocycles. The Morgan fingerprint density at radius 2 is 1.91 bits per heavy atom. The highest BCUT2D eigenvalue weighted by atomic mass is 32.2. The van der Waals surface area contributed by atoms with E-state index in [1.54, 1.807) is 18.3 Å². The molecule has 0 unspecified atom stereocenters. The Labute approximate surface area is 137 Å². The Morgan fingerprint density at radius 3 is 2.70 bits per heavy atom. The van der Waals surface area contributed by atoms with E-state index >= 15 is 0 Å². The van der Waals surface area contributed by atoms with Crippen LogP contribution in [0.4, 0.5) is 10.3 Å². The molecule has 5 nitrogen and oxygen atoms in total. The predicted molar refractivity (Wildman–Crippen MR) is 90.0 cm³/mol. The van der Waals surface area contributed by atoms with Crippen molar-refractivity contribution in [2.75, 3.05) is 5.43 Å². The number of H-pyrrole nitrogens is 1. The van der Waals surface area contributed by atoms with E-state index in [2.05, 4.69) is 25.7 Å². The van der Waals surface area contributed by atoms with Crippen LogP contribution in [-0.2, 0) is 5.75 Å². The summed E-state index contributed by atoms with van der Waals surface area (Å²) in [5.74, 6) is 0.906. The zero-order valence-electron chi connectivity index (χ0n) is 12.1. The number of aromatic amines is 1. The van der Waals surface area contributed by atoms with Crippen LogP contribution in [0.2, 0.25) is 0 Å². The van der Waals surface area contributed by atoms with Gasteiger partial charge in [-0.2, -0.15) is 10.1 Å². The van der Waals surface area contributed by atoms with Gasteiger partial charge in [-0.15, -0.1) is 5.10 Å². The van der Waals surface area contributed by atoms with Gasteiger partial charge in [-0.1, -0.05) is 54.2 Å². The Balaban J connectivity index is 1.51. The minimum atomic E-state index is -0.237. The van der Waals surface area contributed by atoms with Crippen molar-refractivity contribution in [1.29, 1.82) is 0 Å². The van der Waals surface area contributed by atoms with E-state index in [-0.39, 0.29) is 5.82 Å². The Hall–Kier alpha value is -2.67. The van der Waals surface area contributed by atoms with E-state index in [4.69, 9.17) is 0 Å². The van der Waals surface area contributed by atoms with Crippen molar-refractivity contribution in [3.8, 4) is 0 Å². The fourth-order valence-corrected chi connectivity index (χ4v) is 2.55. The van der Waals surface area contributed by atoms with Crippen molar-refractivity contribution in [1.82, 2.24) is 15.2 Å². The maximum absolute atomic E-state index is 12.8. The maximum Gasteiger partial charge on any atom is 0.240 e. The number of benzene rings is 2. The Kier molecular flexibility index (Phi) is 5.00. The van der Waals surface area contributed by atoms with E-state index in [1.165, 1.54) is 23.9 Å². The van der Waals surface area contributed by atoms with Crippen molar-refractivity contribution in [2.24, 2.45) is 5.10 Å². The number of anilines is 1. The van der Waals surface area contributed by atoms with Crippen molar-refractivity contribution in [2.45, 2.75) is 10.9 Å². The SMILES string of the molecule is Fc1ccc(CSc2n[nH]c(N/N=C\c3ccccc3)n2)cc1. The smallest absolute Gasteiger partial charge is 0.240 e. The van der Waals surface area contributed by atoms with Crippen LogP contribution in [0.15, 0.2) is 64.9 Å². The lowest BCUT2D eigenvalue weighted by Gasteiger charge is -1.97. The van der Waals surface area contributed by atoms with Crippen molar-refractivity contribution in [3.63, 3.8) is 0 Å². The molecule has 3 rings (SSSR count). The zero-order chi connectivity index (χ0) is 15.9. The van der Waals surface area contributed by atoms with Gasteiger partial charge in [-0.05, 0) is 23.3 Å². The monoisotopic (exact) mass is 327 g/mol. The normalized spacial score (nSPS) is 11.0. The molecule has 3 aromatic rings. The fraction of sp³-hybridized carbons (Fsp3) is 0.0625. The number of thioether (sulfide) groups is 1. The van der Waals surface area contributed by atoms with Gasteiger partial charge in [-0.3, -0.25) is 0 Å². The molecule has 2 N–H and O–H groups in total. The predicted octanol–water partition coefficient (Wildman–Crippen LogP) is 3.68. The van der Waals surface area contributed by atoms with E-state index in [0.717, 1.165) is 11.1 Å². The van der Waals surface area contributed by atoms with Gasteiger partial charge < -0.3 is 0 Å². The molecule has 0 amide bonds. The topological polar surface area (TPSA) is 66.0 Å². The first-order chi connectivity index (χ1) is 11.3. The minimum absolute atomic E-state index is 0.237.